The highest BCUT2D eigenvalue weighted by Gasteiger charge is 2.18. The molecule has 2 heteroatoms. The van der Waals surface area contributed by atoms with Gasteiger partial charge in [0.25, 0.3) is 0 Å². The van der Waals surface area contributed by atoms with E-state index in [1.165, 1.54) is 25.8 Å². The lowest BCUT2D eigenvalue weighted by molar-refractivity contribution is 0.200. The second kappa shape index (κ2) is 8.93. The first-order valence-electron chi connectivity index (χ1n) is 7.26. The summed E-state index contributed by atoms with van der Waals surface area (Å²) in [7, 11) is 0. The first kappa shape index (κ1) is 16.9. The van der Waals surface area contributed by atoms with Gasteiger partial charge in [0.1, 0.15) is 0 Å². The van der Waals surface area contributed by atoms with Gasteiger partial charge in [-0.25, -0.2) is 0 Å². The molecule has 0 spiro atoms. The molecular formula is C15H33NO. The molecule has 0 aromatic carbocycles. The molecule has 0 aromatic rings. The highest BCUT2D eigenvalue weighted by Crippen LogP contribution is 2.29. The third-order valence-corrected chi connectivity index (χ3v) is 3.42. The van der Waals surface area contributed by atoms with Crippen LogP contribution in [0, 0.1) is 11.3 Å². The Kier molecular flexibility index (Phi) is 8.89. The minimum absolute atomic E-state index is 0.339. The van der Waals surface area contributed by atoms with Gasteiger partial charge in [-0.1, -0.05) is 34.6 Å². The molecule has 0 aliphatic carbocycles. The van der Waals surface area contributed by atoms with Crippen LogP contribution in [0.5, 0.6) is 0 Å². The average Bonchev–Trinajstić information content (AvgIpc) is 2.22. The third kappa shape index (κ3) is 9.61. The number of rotatable bonds is 9. The molecule has 0 fully saturated rings. The van der Waals surface area contributed by atoms with Crippen LogP contribution < -0.4 is 0 Å². The van der Waals surface area contributed by atoms with Gasteiger partial charge in [-0.2, -0.15) is 0 Å². The fraction of sp³-hybridized carbons (Fsp3) is 1.00. The summed E-state index contributed by atoms with van der Waals surface area (Å²) >= 11 is 0. The number of nitrogens with zero attached hydrogens (tertiary/aromatic N) is 1. The van der Waals surface area contributed by atoms with Gasteiger partial charge in [0.05, 0.1) is 0 Å². The Morgan fingerprint density at radius 3 is 2.06 bits per heavy atom. The van der Waals surface area contributed by atoms with Gasteiger partial charge in [0, 0.05) is 6.61 Å². The first-order chi connectivity index (χ1) is 7.92. The van der Waals surface area contributed by atoms with Crippen molar-refractivity contribution in [3.63, 3.8) is 0 Å². The Labute approximate surface area is 108 Å². The lowest BCUT2D eigenvalue weighted by Crippen LogP contribution is -2.25. The molecule has 0 radical (unpaired) electrons. The predicted octanol–water partition coefficient (Wildman–Crippen LogP) is 3.54. The molecule has 1 N–H and O–H groups in total. The van der Waals surface area contributed by atoms with Crippen LogP contribution in [0.3, 0.4) is 0 Å². The van der Waals surface area contributed by atoms with Crippen LogP contribution in [0.15, 0.2) is 0 Å². The number of aliphatic hydroxyl groups is 1. The zero-order valence-electron chi connectivity index (χ0n) is 12.6. The molecular weight excluding hydrogens is 210 g/mol. The maximum atomic E-state index is 9.12. The lowest BCUT2D eigenvalue weighted by atomic mass is 9.81. The van der Waals surface area contributed by atoms with Crippen LogP contribution in [0.4, 0.5) is 0 Å². The summed E-state index contributed by atoms with van der Waals surface area (Å²) in [5.74, 6) is 0.690. The molecule has 0 aromatic heterocycles. The summed E-state index contributed by atoms with van der Waals surface area (Å²) in [5, 5.41) is 9.12. The minimum atomic E-state index is 0.339. The normalized spacial score (nSPS) is 14.3. The van der Waals surface area contributed by atoms with Crippen LogP contribution >= 0.6 is 0 Å². The summed E-state index contributed by atoms with van der Waals surface area (Å²) in [6.45, 7) is 15.2. The maximum Gasteiger partial charge on any atom is 0.0433 e. The summed E-state index contributed by atoms with van der Waals surface area (Å²) in [4.78, 5) is 2.48. The predicted molar refractivity (Wildman–Crippen MR) is 76.3 cm³/mol. The Morgan fingerprint density at radius 1 is 1.06 bits per heavy atom. The first-order valence-corrected chi connectivity index (χ1v) is 7.26. The van der Waals surface area contributed by atoms with E-state index in [0.29, 0.717) is 17.9 Å². The molecule has 0 saturated heterocycles. The van der Waals surface area contributed by atoms with E-state index in [9.17, 15) is 0 Å². The molecule has 17 heavy (non-hydrogen) atoms. The second-order valence-electron chi connectivity index (χ2n) is 6.31. The number of aliphatic hydroxyl groups excluding tert-OH is 1. The van der Waals surface area contributed by atoms with Gasteiger partial charge in [-0.05, 0) is 56.7 Å². The molecule has 0 heterocycles. The summed E-state index contributed by atoms with van der Waals surface area (Å²) in [6.07, 6.45) is 4.72. The molecule has 0 aliphatic rings. The van der Waals surface area contributed by atoms with Crippen LogP contribution in [-0.2, 0) is 0 Å². The van der Waals surface area contributed by atoms with Crippen molar-refractivity contribution in [3.8, 4) is 0 Å². The highest BCUT2D eigenvalue weighted by molar-refractivity contribution is 4.70. The highest BCUT2D eigenvalue weighted by atomic mass is 16.3. The minimum Gasteiger partial charge on any atom is -0.396 e. The summed E-state index contributed by atoms with van der Waals surface area (Å²) < 4.78 is 0. The van der Waals surface area contributed by atoms with E-state index in [-0.39, 0.29) is 0 Å². The van der Waals surface area contributed by atoms with Crippen LogP contribution in [0.1, 0.15) is 60.3 Å². The molecule has 0 bridgehead atoms. The van der Waals surface area contributed by atoms with E-state index in [4.69, 9.17) is 5.11 Å². The SMILES string of the molecule is CCN(CC)CCC[C@H](CCO)CC(C)(C)C. The van der Waals surface area contributed by atoms with Gasteiger partial charge < -0.3 is 10.0 Å². The van der Waals surface area contributed by atoms with Gasteiger partial charge in [-0.15, -0.1) is 0 Å². The molecule has 0 rings (SSSR count). The van der Waals surface area contributed by atoms with Crippen molar-refractivity contribution in [1.29, 1.82) is 0 Å². The van der Waals surface area contributed by atoms with E-state index in [1.807, 2.05) is 0 Å². The molecule has 0 amide bonds. The Bertz CT molecular complexity index is 170. The largest absolute Gasteiger partial charge is 0.396 e. The summed E-state index contributed by atoms with van der Waals surface area (Å²) in [6, 6.07) is 0. The van der Waals surface area contributed by atoms with E-state index < -0.39 is 0 Å². The van der Waals surface area contributed by atoms with Crippen LogP contribution in [-0.4, -0.2) is 36.2 Å². The molecule has 0 saturated carbocycles. The third-order valence-electron chi connectivity index (χ3n) is 3.42. The van der Waals surface area contributed by atoms with Crippen molar-refractivity contribution in [2.75, 3.05) is 26.2 Å². The average molecular weight is 243 g/mol. The topological polar surface area (TPSA) is 23.5 Å². The second-order valence-corrected chi connectivity index (χ2v) is 6.31. The van der Waals surface area contributed by atoms with Gasteiger partial charge in [-0.3, -0.25) is 0 Å². The quantitative estimate of drug-likeness (QED) is 0.669. The fourth-order valence-corrected chi connectivity index (χ4v) is 2.54. The zero-order chi connectivity index (χ0) is 13.3. The Balaban J connectivity index is 3.92. The number of hydrogen-bond acceptors (Lipinski definition) is 2. The Hall–Kier alpha value is -0.0800. The monoisotopic (exact) mass is 243 g/mol. The van der Waals surface area contributed by atoms with E-state index >= 15 is 0 Å². The van der Waals surface area contributed by atoms with E-state index in [1.54, 1.807) is 0 Å². The fourth-order valence-electron chi connectivity index (χ4n) is 2.54. The molecule has 104 valence electrons. The van der Waals surface area contributed by atoms with Crippen molar-refractivity contribution in [2.24, 2.45) is 11.3 Å². The van der Waals surface area contributed by atoms with Gasteiger partial charge in [0.15, 0.2) is 0 Å². The standard InChI is InChI=1S/C15H33NO/c1-6-16(7-2)11-8-9-14(10-12-17)13-15(3,4)5/h14,17H,6-13H2,1-5H3/t14-/m1/s1. The number of hydrogen-bond donors (Lipinski definition) is 1. The van der Waals surface area contributed by atoms with Crippen molar-refractivity contribution in [3.05, 3.63) is 0 Å². The lowest BCUT2D eigenvalue weighted by Gasteiger charge is -2.26. The van der Waals surface area contributed by atoms with Gasteiger partial charge in [0.2, 0.25) is 0 Å². The molecule has 2 nitrogen and oxygen atoms in total. The van der Waals surface area contributed by atoms with Crippen LogP contribution in [0.2, 0.25) is 0 Å². The van der Waals surface area contributed by atoms with E-state index in [0.717, 1.165) is 19.5 Å². The molecule has 0 unspecified atom stereocenters. The van der Waals surface area contributed by atoms with E-state index in [2.05, 4.69) is 39.5 Å². The molecule has 0 aliphatic heterocycles. The van der Waals surface area contributed by atoms with Crippen LogP contribution in [0.25, 0.3) is 0 Å². The van der Waals surface area contributed by atoms with Crippen molar-refractivity contribution in [1.82, 2.24) is 4.90 Å². The van der Waals surface area contributed by atoms with Crippen molar-refractivity contribution < 1.29 is 5.11 Å². The van der Waals surface area contributed by atoms with Gasteiger partial charge >= 0.3 is 0 Å². The maximum absolute atomic E-state index is 9.12. The zero-order valence-corrected chi connectivity index (χ0v) is 12.6. The van der Waals surface area contributed by atoms with Crippen molar-refractivity contribution >= 4 is 0 Å². The molecule has 1 atom stereocenters. The van der Waals surface area contributed by atoms with Crippen molar-refractivity contribution in [2.45, 2.75) is 60.3 Å². The Morgan fingerprint density at radius 2 is 1.65 bits per heavy atom. The summed E-state index contributed by atoms with van der Waals surface area (Å²) in [5.41, 5.74) is 0.384. The smallest absolute Gasteiger partial charge is 0.0433 e.